The van der Waals surface area contributed by atoms with E-state index in [0.29, 0.717) is 19.4 Å². The second-order valence-corrected chi connectivity index (χ2v) is 6.44. The summed E-state index contributed by atoms with van der Waals surface area (Å²) in [4.78, 5) is 0. The Morgan fingerprint density at radius 2 is 1.82 bits per heavy atom. The molecule has 0 spiro atoms. The smallest absolute Gasteiger partial charge is 0.314 e. The first kappa shape index (κ1) is 16.7. The predicted octanol–water partition coefficient (Wildman–Crippen LogP) is 2.13. The number of halogens is 3. The van der Waals surface area contributed by atoms with Gasteiger partial charge >= 0.3 is 6.18 Å². The Balaban J connectivity index is 3.98. The van der Waals surface area contributed by atoms with Crippen LogP contribution in [0, 0.1) is 0 Å². The average molecular weight is 275 g/mol. The molecule has 0 bridgehead atoms. The molecule has 0 aromatic carbocycles. The molecule has 1 atom stereocenters. The van der Waals surface area contributed by atoms with E-state index < -0.39 is 22.4 Å². The van der Waals surface area contributed by atoms with Gasteiger partial charge in [0, 0.05) is 24.5 Å². The minimum atomic E-state index is -4.15. The first-order chi connectivity index (χ1) is 7.64. The Labute approximate surface area is 101 Å². The van der Waals surface area contributed by atoms with E-state index >= 15 is 0 Å². The zero-order chi connectivity index (χ0) is 13.5. The number of hydrogen-bond acceptors (Lipinski definition) is 3. The lowest BCUT2D eigenvalue weighted by molar-refractivity contribution is -0.136. The predicted molar refractivity (Wildman–Crippen MR) is 61.7 cm³/mol. The molecule has 1 unspecified atom stereocenters. The van der Waals surface area contributed by atoms with Crippen LogP contribution >= 0.6 is 0 Å². The van der Waals surface area contributed by atoms with Gasteiger partial charge in [0.15, 0.2) is 0 Å². The minimum absolute atomic E-state index is 0.00109. The van der Waals surface area contributed by atoms with Gasteiger partial charge in [-0.2, -0.15) is 13.2 Å². The highest BCUT2D eigenvalue weighted by Gasteiger charge is 2.28. The minimum Gasteiger partial charge on any atom is -0.314 e. The summed E-state index contributed by atoms with van der Waals surface area (Å²) in [5.41, 5.74) is 0. The lowest BCUT2D eigenvalue weighted by atomic mass is 10.1. The van der Waals surface area contributed by atoms with E-state index in [1.54, 1.807) is 0 Å². The molecular weight excluding hydrogens is 255 g/mol. The van der Waals surface area contributed by atoms with Gasteiger partial charge < -0.3 is 5.32 Å². The summed E-state index contributed by atoms with van der Waals surface area (Å²) in [6.07, 6.45) is -2.99. The van der Waals surface area contributed by atoms with Gasteiger partial charge in [-0.15, -0.1) is 0 Å². The van der Waals surface area contributed by atoms with Crippen LogP contribution in [0.25, 0.3) is 0 Å². The van der Waals surface area contributed by atoms with E-state index in [4.69, 9.17) is 0 Å². The summed E-state index contributed by atoms with van der Waals surface area (Å²) in [6.45, 7) is 2.40. The van der Waals surface area contributed by atoms with Crippen LogP contribution in [0.5, 0.6) is 0 Å². The van der Waals surface area contributed by atoms with Crippen LogP contribution < -0.4 is 5.32 Å². The molecule has 17 heavy (non-hydrogen) atoms. The fourth-order valence-electron chi connectivity index (χ4n) is 1.57. The van der Waals surface area contributed by atoms with Crippen LogP contribution in [0.1, 0.15) is 32.6 Å². The third kappa shape index (κ3) is 12.0. The average Bonchev–Trinajstić information content (AvgIpc) is 2.11. The second kappa shape index (κ2) is 7.20. The summed E-state index contributed by atoms with van der Waals surface area (Å²) in [5.74, 6) is 0.0287. The zero-order valence-corrected chi connectivity index (χ0v) is 11.0. The van der Waals surface area contributed by atoms with Gasteiger partial charge in [0.05, 0.1) is 0 Å². The third-order valence-corrected chi connectivity index (χ3v) is 3.37. The van der Waals surface area contributed by atoms with Gasteiger partial charge in [0.25, 0.3) is 0 Å². The van der Waals surface area contributed by atoms with E-state index in [0.717, 1.165) is 6.26 Å². The molecule has 0 aromatic rings. The molecule has 0 aliphatic rings. The van der Waals surface area contributed by atoms with Crippen molar-refractivity contribution >= 4 is 9.84 Å². The van der Waals surface area contributed by atoms with E-state index in [1.165, 1.54) is 0 Å². The van der Waals surface area contributed by atoms with E-state index in [2.05, 4.69) is 5.32 Å². The topological polar surface area (TPSA) is 46.2 Å². The lowest BCUT2D eigenvalue weighted by Gasteiger charge is -2.18. The fraction of sp³-hybridized carbons (Fsp3) is 1.00. The number of rotatable bonds is 8. The van der Waals surface area contributed by atoms with Crippen LogP contribution in [-0.4, -0.2) is 39.2 Å². The molecule has 0 aliphatic heterocycles. The number of hydrogen-bond donors (Lipinski definition) is 1. The molecule has 0 aliphatic carbocycles. The Kier molecular flexibility index (Phi) is 7.08. The number of alkyl halides is 3. The second-order valence-electron chi connectivity index (χ2n) is 4.18. The molecule has 0 radical (unpaired) electrons. The van der Waals surface area contributed by atoms with Crippen molar-refractivity contribution < 1.29 is 21.6 Å². The van der Waals surface area contributed by atoms with Crippen molar-refractivity contribution in [3.63, 3.8) is 0 Å². The highest BCUT2D eigenvalue weighted by molar-refractivity contribution is 7.90. The molecule has 3 nitrogen and oxygen atoms in total. The molecular formula is C10H20F3NO2S. The van der Waals surface area contributed by atoms with Crippen molar-refractivity contribution in [2.24, 2.45) is 0 Å². The molecule has 0 heterocycles. The van der Waals surface area contributed by atoms with E-state index in [9.17, 15) is 21.6 Å². The quantitative estimate of drug-likeness (QED) is 0.738. The molecule has 0 rings (SSSR count). The normalized spacial score (nSPS) is 14.9. The lowest BCUT2D eigenvalue weighted by Crippen LogP contribution is -2.30. The third-order valence-electron chi connectivity index (χ3n) is 2.34. The summed E-state index contributed by atoms with van der Waals surface area (Å²) in [6, 6.07) is -0.261. The van der Waals surface area contributed by atoms with Crippen molar-refractivity contribution in [1.82, 2.24) is 5.32 Å². The number of nitrogens with one attached hydrogen (secondary N) is 1. The van der Waals surface area contributed by atoms with Gasteiger partial charge in [0.2, 0.25) is 0 Å². The standard InChI is InChI=1S/C10H20F3NO2S/c1-3-14-9(6-7-10(11,12)13)5-4-8-17(2,15)16/h9,14H,3-8H2,1-2H3. The summed E-state index contributed by atoms with van der Waals surface area (Å²) >= 11 is 0. The molecule has 104 valence electrons. The van der Waals surface area contributed by atoms with Gasteiger partial charge in [-0.05, 0) is 25.8 Å². The van der Waals surface area contributed by atoms with Crippen molar-refractivity contribution in [2.45, 2.75) is 44.8 Å². The number of sulfone groups is 1. The van der Waals surface area contributed by atoms with E-state index in [1.807, 2.05) is 6.92 Å². The van der Waals surface area contributed by atoms with Crippen LogP contribution in [0.2, 0.25) is 0 Å². The Morgan fingerprint density at radius 1 is 1.24 bits per heavy atom. The van der Waals surface area contributed by atoms with Crippen molar-refractivity contribution in [3.8, 4) is 0 Å². The van der Waals surface area contributed by atoms with Crippen molar-refractivity contribution in [1.29, 1.82) is 0 Å². The Hall–Kier alpha value is -0.300. The monoisotopic (exact) mass is 275 g/mol. The summed E-state index contributed by atoms with van der Waals surface area (Å²) in [7, 11) is -3.03. The first-order valence-corrected chi connectivity index (χ1v) is 7.68. The maximum Gasteiger partial charge on any atom is 0.389 e. The molecule has 0 fully saturated rings. The molecule has 0 saturated heterocycles. The Bertz CT molecular complexity index is 301. The molecule has 0 amide bonds. The molecule has 0 aromatic heterocycles. The van der Waals surface area contributed by atoms with E-state index in [-0.39, 0.29) is 18.2 Å². The first-order valence-electron chi connectivity index (χ1n) is 5.62. The maximum atomic E-state index is 12.0. The fourth-order valence-corrected chi connectivity index (χ4v) is 2.26. The van der Waals surface area contributed by atoms with Crippen molar-refractivity contribution in [3.05, 3.63) is 0 Å². The van der Waals surface area contributed by atoms with Crippen LogP contribution in [0.3, 0.4) is 0 Å². The SMILES string of the molecule is CCNC(CCCS(C)(=O)=O)CCC(F)(F)F. The summed E-state index contributed by atoms with van der Waals surface area (Å²) < 4.78 is 57.9. The highest BCUT2D eigenvalue weighted by atomic mass is 32.2. The Morgan fingerprint density at radius 3 is 2.24 bits per heavy atom. The molecule has 1 N–H and O–H groups in total. The summed E-state index contributed by atoms with van der Waals surface area (Å²) in [5, 5.41) is 2.95. The van der Waals surface area contributed by atoms with Crippen LogP contribution in [0.4, 0.5) is 13.2 Å². The van der Waals surface area contributed by atoms with Crippen LogP contribution in [0.15, 0.2) is 0 Å². The van der Waals surface area contributed by atoms with Crippen molar-refractivity contribution in [2.75, 3.05) is 18.6 Å². The van der Waals surface area contributed by atoms with Gasteiger partial charge in [-0.3, -0.25) is 0 Å². The van der Waals surface area contributed by atoms with Gasteiger partial charge in [-0.1, -0.05) is 6.92 Å². The zero-order valence-electron chi connectivity index (χ0n) is 10.2. The maximum absolute atomic E-state index is 12.0. The van der Waals surface area contributed by atoms with Gasteiger partial charge in [0.1, 0.15) is 9.84 Å². The largest absolute Gasteiger partial charge is 0.389 e. The molecule has 7 heteroatoms. The highest BCUT2D eigenvalue weighted by Crippen LogP contribution is 2.23. The molecule has 0 saturated carbocycles. The van der Waals surface area contributed by atoms with Gasteiger partial charge in [-0.25, -0.2) is 8.42 Å². The van der Waals surface area contributed by atoms with Crippen LogP contribution in [-0.2, 0) is 9.84 Å².